The van der Waals surface area contributed by atoms with Crippen LogP contribution in [0.15, 0.2) is 0 Å². The van der Waals surface area contributed by atoms with Gasteiger partial charge in [-0.3, -0.25) is 0 Å². The van der Waals surface area contributed by atoms with Crippen molar-refractivity contribution in [3.63, 3.8) is 0 Å². The molecular weight excluding hydrogens is 244 g/mol. The lowest BCUT2D eigenvalue weighted by atomic mass is 9.45. The molecule has 1 N–H and O–H groups in total. The van der Waals surface area contributed by atoms with E-state index < -0.39 is 0 Å². The number of aliphatic hydroxyl groups excluding tert-OH is 1. The van der Waals surface area contributed by atoms with E-state index in [1.54, 1.807) is 0 Å². The highest BCUT2D eigenvalue weighted by Gasteiger charge is 2.58. The quantitative estimate of drug-likeness (QED) is 0.675. The summed E-state index contributed by atoms with van der Waals surface area (Å²) in [6.07, 6.45) is 13.9. The van der Waals surface area contributed by atoms with Crippen molar-refractivity contribution in [1.29, 1.82) is 0 Å². The molecule has 0 aromatic heterocycles. The minimum atomic E-state index is 0.00610. The van der Waals surface area contributed by atoms with Gasteiger partial charge in [0.15, 0.2) is 0 Å². The van der Waals surface area contributed by atoms with E-state index >= 15 is 0 Å². The Kier molecular flexibility index (Phi) is 3.05. The highest BCUT2D eigenvalue weighted by molar-refractivity contribution is 5.07. The second-order valence-corrected chi connectivity index (χ2v) is 9.11. The van der Waals surface area contributed by atoms with Gasteiger partial charge < -0.3 is 5.11 Å². The molecule has 1 heteroatoms. The first-order chi connectivity index (χ1) is 9.55. The molecule has 0 radical (unpaired) electrons. The maximum atomic E-state index is 10.5. The van der Waals surface area contributed by atoms with E-state index in [1.165, 1.54) is 57.8 Å². The average molecular weight is 276 g/mol. The van der Waals surface area contributed by atoms with Gasteiger partial charge in [-0.2, -0.15) is 0 Å². The monoisotopic (exact) mass is 276 g/mol. The van der Waals surface area contributed by atoms with Crippen LogP contribution in [0, 0.1) is 34.5 Å². The summed E-state index contributed by atoms with van der Waals surface area (Å²) in [5.74, 6) is 3.54. The van der Waals surface area contributed by atoms with E-state index in [4.69, 9.17) is 0 Å². The lowest BCUT2D eigenvalue weighted by Crippen LogP contribution is -2.54. The smallest absolute Gasteiger partial charge is 0.0573 e. The lowest BCUT2D eigenvalue weighted by molar-refractivity contribution is -0.139. The zero-order valence-electron chi connectivity index (χ0n) is 13.4. The zero-order valence-corrected chi connectivity index (χ0v) is 13.4. The molecule has 0 amide bonds. The van der Waals surface area contributed by atoms with Crippen LogP contribution in [0.5, 0.6) is 0 Å². The topological polar surface area (TPSA) is 20.2 Å². The Labute approximate surface area is 124 Å². The van der Waals surface area contributed by atoms with Crippen LogP contribution in [0.3, 0.4) is 0 Å². The number of hydrogen-bond donors (Lipinski definition) is 1. The van der Waals surface area contributed by atoms with Gasteiger partial charge in [-0.25, -0.2) is 0 Å². The molecule has 4 saturated carbocycles. The minimum Gasteiger partial charge on any atom is -0.393 e. The predicted octanol–water partition coefficient (Wildman–Crippen LogP) is 4.78. The molecule has 4 aliphatic carbocycles. The zero-order chi connectivity index (χ0) is 14.0. The Morgan fingerprint density at radius 2 is 1.55 bits per heavy atom. The molecular formula is C19H32O. The van der Waals surface area contributed by atoms with Gasteiger partial charge in [-0.15, -0.1) is 0 Å². The summed E-state index contributed by atoms with van der Waals surface area (Å²) in [5.41, 5.74) is 1.14. The second-order valence-electron chi connectivity index (χ2n) is 9.11. The van der Waals surface area contributed by atoms with E-state index in [-0.39, 0.29) is 6.10 Å². The summed E-state index contributed by atoms with van der Waals surface area (Å²) in [5, 5.41) is 10.5. The van der Waals surface area contributed by atoms with Gasteiger partial charge in [0.25, 0.3) is 0 Å². The molecule has 0 heterocycles. The summed E-state index contributed by atoms with van der Waals surface area (Å²) in [7, 11) is 0. The first kappa shape index (κ1) is 13.6. The molecule has 20 heavy (non-hydrogen) atoms. The Bertz CT molecular complexity index is 391. The summed E-state index contributed by atoms with van der Waals surface area (Å²) in [6, 6.07) is 0. The van der Waals surface area contributed by atoms with E-state index in [0.29, 0.717) is 16.7 Å². The Balaban J connectivity index is 1.65. The van der Waals surface area contributed by atoms with Crippen LogP contribution in [0.2, 0.25) is 0 Å². The van der Waals surface area contributed by atoms with Crippen molar-refractivity contribution in [2.45, 2.75) is 84.2 Å². The molecule has 114 valence electrons. The van der Waals surface area contributed by atoms with E-state index in [1.807, 2.05) is 0 Å². The standard InChI is InChI=1S/C19H32O/c1-18-10-3-5-14(18)13-7-8-16-17(20)6-4-11-19(16,2)15(13)9-12-18/h13-17,20H,3-12H2,1-2H3/t13?,14?,15?,16-,17+,18?,19?/m0/s1. The van der Waals surface area contributed by atoms with Crippen molar-refractivity contribution in [2.75, 3.05) is 0 Å². The van der Waals surface area contributed by atoms with Gasteiger partial charge in [0.1, 0.15) is 0 Å². The maximum Gasteiger partial charge on any atom is 0.0573 e. The van der Waals surface area contributed by atoms with Crippen LogP contribution in [0.4, 0.5) is 0 Å². The highest BCUT2D eigenvalue weighted by Crippen LogP contribution is 2.66. The summed E-state index contributed by atoms with van der Waals surface area (Å²) >= 11 is 0. The van der Waals surface area contributed by atoms with Crippen LogP contribution in [0.1, 0.15) is 78.1 Å². The van der Waals surface area contributed by atoms with Crippen LogP contribution in [0.25, 0.3) is 0 Å². The molecule has 0 aromatic carbocycles. The predicted molar refractivity (Wildman–Crippen MR) is 82.4 cm³/mol. The SMILES string of the molecule is CC12CCCC1C1CC[C@H]3[C@H](O)CCCC3(C)C1CC2. The van der Waals surface area contributed by atoms with Crippen molar-refractivity contribution >= 4 is 0 Å². The maximum absolute atomic E-state index is 10.5. The number of fused-ring (bicyclic) bond motifs is 5. The summed E-state index contributed by atoms with van der Waals surface area (Å²) < 4.78 is 0. The van der Waals surface area contributed by atoms with Crippen molar-refractivity contribution in [1.82, 2.24) is 0 Å². The van der Waals surface area contributed by atoms with Crippen molar-refractivity contribution in [3.05, 3.63) is 0 Å². The molecule has 0 spiro atoms. The molecule has 0 bridgehead atoms. The Morgan fingerprint density at radius 3 is 2.40 bits per heavy atom. The number of hydrogen-bond acceptors (Lipinski definition) is 1. The molecule has 0 aromatic rings. The van der Waals surface area contributed by atoms with Gasteiger partial charge in [0, 0.05) is 0 Å². The van der Waals surface area contributed by atoms with Crippen molar-refractivity contribution in [2.24, 2.45) is 34.5 Å². The fraction of sp³-hybridized carbons (Fsp3) is 1.00. The highest BCUT2D eigenvalue weighted by atomic mass is 16.3. The molecule has 4 aliphatic rings. The third-order valence-corrected chi connectivity index (χ3v) is 8.40. The third-order valence-electron chi connectivity index (χ3n) is 8.40. The first-order valence-electron chi connectivity index (χ1n) is 9.23. The number of aliphatic hydroxyl groups is 1. The minimum absolute atomic E-state index is 0.00610. The normalized spacial score (nSPS) is 58.6. The number of rotatable bonds is 0. The van der Waals surface area contributed by atoms with Gasteiger partial charge in [0.05, 0.1) is 6.10 Å². The second kappa shape index (κ2) is 4.48. The van der Waals surface area contributed by atoms with E-state index in [9.17, 15) is 5.11 Å². The molecule has 1 nitrogen and oxygen atoms in total. The average Bonchev–Trinajstić information content (AvgIpc) is 2.80. The van der Waals surface area contributed by atoms with Gasteiger partial charge in [0.2, 0.25) is 0 Å². The third kappa shape index (κ3) is 1.71. The molecule has 4 fully saturated rings. The fourth-order valence-electron chi connectivity index (χ4n) is 7.37. The van der Waals surface area contributed by atoms with Crippen molar-refractivity contribution < 1.29 is 5.11 Å². The summed E-state index contributed by atoms with van der Waals surface area (Å²) in [4.78, 5) is 0. The summed E-state index contributed by atoms with van der Waals surface area (Å²) in [6.45, 7) is 5.14. The van der Waals surface area contributed by atoms with Gasteiger partial charge >= 0.3 is 0 Å². The van der Waals surface area contributed by atoms with Crippen molar-refractivity contribution in [3.8, 4) is 0 Å². The Morgan fingerprint density at radius 1 is 0.750 bits per heavy atom. The molecule has 0 aliphatic heterocycles. The molecule has 7 atom stereocenters. The lowest BCUT2D eigenvalue weighted by Gasteiger charge is -2.60. The van der Waals surface area contributed by atoms with Crippen LogP contribution in [-0.4, -0.2) is 11.2 Å². The van der Waals surface area contributed by atoms with Gasteiger partial charge in [-0.05, 0) is 85.9 Å². The van der Waals surface area contributed by atoms with Crippen LogP contribution < -0.4 is 0 Å². The molecule has 4 rings (SSSR count). The first-order valence-corrected chi connectivity index (χ1v) is 9.23. The van der Waals surface area contributed by atoms with E-state index in [0.717, 1.165) is 24.2 Å². The largest absolute Gasteiger partial charge is 0.393 e. The van der Waals surface area contributed by atoms with E-state index in [2.05, 4.69) is 13.8 Å². The van der Waals surface area contributed by atoms with Gasteiger partial charge in [-0.1, -0.05) is 26.7 Å². The molecule has 5 unspecified atom stereocenters. The van der Waals surface area contributed by atoms with Crippen LogP contribution in [-0.2, 0) is 0 Å². The molecule has 0 saturated heterocycles. The Hall–Kier alpha value is -0.0400. The fourth-order valence-corrected chi connectivity index (χ4v) is 7.37. The van der Waals surface area contributed by atoms with Crippen LogP contribution >= 0.6 is 0 Å².